The number of hydrogen-bond donors (Lipinski definition) is 0. The maximum atomic E-state index is 7.34. The van der Waals surface area contributed by atoms with Crippen molar-refractivity contribution in [3.8, 4) is 0 Å². The molecule has 0 amide bonds. The van der Waals surface area contributed by atoms with Gasteiger partial charge in [-0.3, -0.25) is 0 Å². The van der Waals surface area contributed by atoms with E-state index >= 15 is 0 Å². The van der Waals surface area contributed by atoms with Crippen molar-refractivity contribution in [1.29, 1.82) is 0 Å². The van der Waals surface area contributed by atoms with E-state index in [0.29, 0.717) is 17.8 Å². The van der Waals surface area contributed by atoms with Gasteiger partial charge in [0.25, 0.3) is 0 Å². The monoisotopic (exact) mass is 591 g/mol. The van der Waals surface area contributed by atoms with Crippen molar-refractivity contribution >= 4 is 35.6 Å². The lowest BCUT2D eigenvalue weighted by Crippen LogP contribution is -2.61. The zero-order valence-electron chi connectivity index (χ0n) is 22.9. The molecule has 4 aromatic rings. The largest absolute Gasteiger partial charge is 0.365 e. The van der Waals surface area contributed by atoms with Crippen LogP contribution in [-0.2, 0) is 4.74 Å². The van der Waals surface area contributed by atoms with Gasteiger partial charge in [-0.1, -0.05) is 108 Å². The Hall–Kier alpha value is -2.33. The Labute approximate surface area is 254 Å². The van der Waals surface area contributed by atoms with Crippen molar-refractivity contribution < 1.29 is 4.74 Å². The number of rotatable bonds is 7. The van der Waals surface area contributed by atoms with Crippen LogP contribution in [0, 0.1) is 5.92 Å². The third kappa shape index (κ3) is 5.71. The first kappa shape index (κ1) is 29.2. The highest BCUT2D eigenvalue weighted by molar-refractivity contribution is 6.30. The van der Waals surface area contributed by atoms with Crippen molar-refractivity contribution in [2.75, 3.05) is 14.1 Å². The van der Waals surface area contributed by atoms with Gasteiger partial charge in [0.05, 0.1) is 6.10 Å². The molecule has 0 saturated heterocycles. The smallest absolute Gasteiger partial charge is 0.108 e. The molecule has 0 N–H and O–H groups in total. The van der Waals surface area contributed by atoms with Gasteiger partial charge in [0.2, 0.25) is 0 Å². The maximum Gasteiger partial charge on any atom is 0.108 e. The Kier molecular flexibility index (Phi) is 8.95. The molecule has 0 aromatic heterocycles. The van der Waals surface area contributed by atoms with Gasteiger partial charge in [0.15, 0.2) is 0 Å². The second-order valence-corrected chi connectivity index (χ2v) is 12.4. The first-order chi connectivity index (χ1) is 18.9. The molecule has 40 heavy (non-hydrogen) atoms. The van der Waals surface area contributed by atoms with Gasteiger partial charge in [-0.05, 0) is 97.6 Å². The van der Waals surface area contributed by atoms with E-state index in [-0.39, 0.29) is 30.2 Å². The number of hydrogen-bond acceptors (Lipinski definition) is 2. The first-order valence-corrected chi connectivity index (χ1v) is 14.6. The van der Waals surface area contributed by atoms with Crippen LogP contribution in [0.1, 0.15) is 59.5 Å². The number of fused-ring (bicyclic) bond motifs is 3. The minimum atomic E-state index is -0.212. The summed E-state index contributed by atoms with van der Waals surface area (Å²) in [6.45, 7) is 0. The topological polar surface area (TPSA) is 12.5 Å². The van der Waals surface area contributed by atoms with Crippen molar-refractivity contribution in [2.24, 2.45) is 5.92 Å². The van der Waals surface area contributed by atoms with E-state index in [1.54, 1.807) is 0 Å². The Balaban J connectivity index is 0.00000323. The standard InChI is InChI=1S/C35H35Cl2NO.ClH/c1-38(2)35-21-30(24-9-5-3-6-10-24)33(31(22-35)25-11-7-4-8-12-25)32(23-35)39-34(26-13-17-28(36)18-14-26)27-15-19-29(37)20-16-27;/h3-20,30-34H,21-23H2,1-2H3;1H/t30-,31-,32+,33?,35?;/m0./s1. The summed E-state index contributed by atoms with van der Waals surface area (Å²) >= 11 is 12.6. The molecular formula is C35H36Cl3NO. The summed E-state index contributed by atoms with van der Waals surface area (Å²) in [7, 11) is 4.51. The molecule has 208 valence electrons. The molecule has 7 rings (SSSR count). The zero-order valence-corrected chi connectivity index (χ0v) is 25.2. The van der Waals surface area contributed by atoms with Gasteiger partial charge >= 0.3 is 0 Å². The van der Waals surface area contributed by atoms with Crippen LogP contribution in [-0.4, -0.2) is 30.6 Å². The Morgan fingerprint density at radius 2 is 1.07 bits per heavy atom. The second kappa shape index (κ2) is 12.3. The van der Waals surface area contributed by atoms with Gasteiger partial charge in [-0.15, -0.1) is 12.4 Å². The lowest BCUT2D eigenvalue weighted by Gasteiger charge is -2.61. The number of benzene rings is 4. The minimum Gasteiger partial charge on any atom is -0.365 e. The fourth-order valence-corrected chi connectivity index (χ4v) is 7.47. The van der Waals surface area contributed by atoms with Crippen LogP contribution >= 0.6 is 35.6 Å². The summed E-state index contributed by atoms with van der Waals surface area (Å²) in [6, 6.07) is 38.4. The molecule has 0 unspecified atom stereocenters. The molecular weight excluding hydrogens is 557 g/mol. The third-order valence-corrected chi connectivity index (χ3v) is 9.70. The quantitative estimate of drug-likeness (QED) is 0.212. The highest BCUT2D eigenvalue weighted by Gasteiger charge is 2.57. The summed E-state index contributed by atoms with van der Waals surface area (Å²) in [4.78, 5) is 2.48. The summed E-state index contributed by atoms with van der Waals surface area (Å²) < 4.78 is 7.34. The molecule has 3 aliphatic rings. The normalized spacial score (nSPS) is 25.6. The highest BCUT2D eigenvalue weighted by atomic mass is 35.5. The van der Waals surface area contributed by atoms with E-state index in [2.05, 4.69) is 104 Å². The second-order valence-electron chi connectivity index (χ2n) is 11.5. The zero-order chi connectivity index (χ0) is 27.0. The summed E-state index contributed by atoms with van der Waals surface area (Å²) in [5.74, 6) is 1.17. The summed E-state index contributed by atoms with van der Waals surface area (Å²) in [5.41, 5.74) is 5.09. The lowest BCUT2D eigenvalue weighted by molar-refractivity contribution is -0.136. The van der Waals surface area contributed by atoms with Crippen LogP contribution in [0.4, 0.5) is 0 Å². The fraction of sp³-hybridized carbons (Fsp3) is 0.314. The van der Waals surface area contributed by atoms with Crippen LogP contribution in [0.5, 0.6) is 0 Å². The predicted molar refractivity (Wildman–Crippen MR) is 169 cm³/mol. The number of ether oxygens (including phenoxy) is 1. The first-order valence-electron chi connectivity index (χ1n) is 13.9. The van der Waals surface area contributed by atoms with E-state index in [4.69, 9.17) is 27.9 Å². The minimum absolute atomic E-state index is 0. The van der Waals surface area contributed by atoms with Gasteiger partial charge in [-0.25, -0.2) is 0 Å². The van der Waals surface area contributed by atoms with Crippen LogP contribution in [0.15, 0.2) is 109 Å². The average Bonchev–Trinajstić information content (AvgIpc) is 2.98. The maximum absolute atomic E-state index is 7.34. The van der Waals surface area contributed by atoms with E-state index in [1.807, 2.05) is 24.3 Å². The van der Waals surface area contributed by atoms with E-state index < -0.39 is 0 Å². The van der Waals surface area contributed by atoms with Crippen LogP contribution < -0.4 is 0 Å². The molecule has 3 aliphatic carbocycles. The van der Waals surface area contributed by atoms with Crippen LogP contribution in [0.2, 0.25) is 10.0 Å². The average molecular weight is 593 g/mol. The Morgan fingerprint density at radius 3 is 1.48 bits per heavy atom. The molecule has 5 heteroatoms. The van der Waals surface area contributed by atoms with Gasteiger partial charge in [0.1, 0.15) is 6.10 Å². The molecule has 0 radical (unpaired) electrons. The van der Waals surface area contributed by atoms with Gasteiger partial charge < -0.3 is 9.64 Å². The van der Waals surface area contributed by atoms with E-state index in [1.165, 1.54) is 11.1 Å². The SMILES string of the molecule is CN(C)C12C[C@@H](OC(c3ccc(Cl)cc3)c3ccc(Cl)cc3)C([C@H](c3ccccc3)C1)[C@H](c1ccccc1)C2.Cl. The van der Waals surface area contributed by atoms with E-state index in [9.17, 15) is 0 Å². The van der Waals surface area contributed by atoms with Crippen LogP contribution in [0.25, 0.3) is 0 Å². The molecule has 3 saturated carbocycles. The predicted octanol–water partition coefficient (Wildman–Crippen LogP) is 9.57. The molecule has 2 nitrogen and oxygen atoms in total. The van der Waals surface area contributed by atoms with Crippen LogP contribution in [0.3, 0.4) is 0 Å². The van der Waals surface area contributed by atoms with Crippen molar-refractivity contribution in [1.82, 2.24) is 4.90 Å². The van der Waals surface area contributed by atoms with Gasteiger partial charge in [-0.2, -0.15) is 0 Å². The molecule has 0 spiro atoms. The molecule has 3 fully saturated rings. The van der Waals surface area contributed by atoms with Crippen molar-refractivity contribution in [3.05, 3.63) is 141 Å². The molecule has 0 aliphatic heterocycles. The summed E-state index contributed by atoms with van der Waals surface area (Å²) in [5, 5.41) is 1.45. The molecule has 0 heterocycles. The van der Waals surface area contributed by atoms with Gasteiger partial charge in [0, 0.05) is 15.6 Å². The Bertz CT molecular complexity index is 1280. The third-order valence-electron chi connectivity index (χ3n) is 9.20. The summed E-state index contributed by atoms with van der Waals surface area (Å²) in [6.07, 6.45) is 3.15. The highest BCUT2D eigenvalue weighted by Crippen LogP contribution is 2.60. The van der Waals surface area contributed by atoms with E-state index in [0.717, 1.165) is 40.4 Å². The van der Waals surface area contributed by atoms with Crippen molar-refractivity contribution in [2.45, 2.75) is 48.8 Å². The number of nitrogens with zero attached hydrogens (tertiary/aromatic N) is 1. The molecule has 3 atom stereocenters. The molecule has 4 aromatic carbocycles. The number of halogens is 3. The fourth-order valence-electron chi connectivity index (χ4n) is 7.22. The lowest BCUT2D eigenvalue weighted by atomic mass is 9.51. The van der Waals surface area contributed by atoms with Crippen molar-refractivity contribution in [3.63, 3.8) is 0 Å². The Morgan fingerprint density at radius 1 is 0.650 bits per heavy atom. The molecule has 2 bridgehead atoms.